The van der Waals surface area contributed by atoms with Gasteiger partial charge in [0.2, 0.25) is 21.8 Å². The number of carbonyl (C=O) groups is 2. The molecule has 0 aromatic heterocycles. The monoisotopic (exact) mass is 511 g/mol. The lowest BCUT2D eigenvalue weighted by Gasteiger charge is -2.33. The highest BCUT2D eigenvalue weighted by atomic mass is 32.2. The maximum atomic E-state index is 13.8. The molecule has 2 aromatic rings. The smallest absolute Gasteiger partial charge is 0.244 e. The number of hydrogen-bond acceptors (Lipinski definition) is 5. The standard InChI is InChI=1S/C24H31F2N3O5S/c1-6-22(24(31)27-16(2)3)28(14-17-8-7-9-19(12-17)34-4)23(30)15-29(35(5,32)33)18-10-11-20(25)21(26)13-18/h7-13,16,22H,6,14-15H2,1-5H3,(H,27,31)/t22-/m1/s1. The first-order valence-corrected chi connectivity index (χ1v) is 12.9. The maximum Gasteiger partial charge on any atom is 0.244 e. The molecule has 0 unspecified atom stereocenters. The van der Waals surface area contributed by atoms with Gasteiger partial charge in [-0.2, -0.15) is 0 Å². The molecule has 2 rings (SSSR count). The van der Waals surface area contributed by atoms with E-state index in [9.17, 15) is 26.8 Å². The van der Waals surface area contributed by atoms with E-state index >= 15 is 0 Å². The predicted molar refractivity (Wildman–Crippen MR) is 129 cm³/mol. The first kappa shape index (κ1) is 28.0. The van der Waals surface area contributed by atoms with Crippen molar-refractivity contribution in [2.75, 3.05) is 24.2 Å². The number of nitrogens with zero attached hydrogens (tertiary/aromatic N) is 2. The third-order valence-electron chi connectivity index (χ3n) is 5.17. The number of hydrogen-bond donors (Lipinski definition) is 1. The third kappa shape index (κ3) is 7.64. The maximum absolute atomic E-state index is 13.8. The Bertz CT molecular complexity index is 1160. The number of halogens is 2. The van der Waals surface area contributed by atoms with E-state index in [1.165, 1.54) is 12.0 Å². The van der Waals surface area contributed by atoms with Crippen molar-refractivity contribution >= 4 is 27.5 Å². The summed E-state index contributed by atoms with van der Waals surface area (Å²) in [6.07, 6.45) is 1.12. The van der Waals surface area contributed by atoms with Crippen molar-refractivity contribution in [2.24, 2.45) is 0 Å². The van der Waals surface area contributed by atoms with Gasteiger partial charge in [0.05, 0.1) is 19.1 Å². The lowest BCUT2D eigenvalue weighted by atomic mass is 10.1. The number of carbonyl (C=O) groups excluding carboxylic acids is 2. The van der Waals surface area contributed by atoms with Gasteiger partial charge in [-0.1, -0.05) is 19.1 Å². The first-order chi connectivity index (χ1) is 16.4. The van der Waals surface area contributed by atoms with Crippen LogP contribution in [-0.2, 0) is 26.2 Å². The average molecular weight is 512 g/mol. The van der Waals surface area contributed by atoms with E-state index in [0.717, 1.165) is 18.4 Å². The van der Waals surface area contributed by atoms with E-state index in [0.29, 0.717) is 21.7 Å². The summed E-state index contributed by atoms with van der Waals surface area (Å²) in [6, 6.07) is 8.40. The van der Waals surface area contributed by atoms with Crippen molar-refractivity contribution in [1.82, 2.24) is 10.2 Å². The van der Waals surface area contributed by atoms with Gasteiger partial charge in [-0.15, -0.1) is 0 Å². The number of benzene rings is 2. The molecule has 0 heterocycles. The van der Waals surface area contributed by atoms with Gasteiger partial charge in [-0.3, -0.25) is 13.9 Å². The average Bonchev–Trinajstić information content (AvgIpc) is 2.78. The van der Waals surface area contributed by atoms with Crippen LogP contribution in [0, 0.1) is 11.6 Å². The second-order valence-electron chi connectivity index (χ2n) is 8.33. The van der Waals surface area contributed by atoms with E-state index in [1.54, 1.807) is 45.0 Å². The van der Waals surface area contributed by atoms with Crippen LogP contribution in [0.1, 0.15) is 32.8 Å². The molecule has 1 atom stereocenters. The Hall–Kier alpha value is -3.21. The molecule has 35 heavy (non-hydrogen) atoms. The predicted octanol–water partition coefficient (Wildman–Crippen LogP) is 3.07. The van der Waals surface area contributed by atoms with Crippen molar-refractivity contribution in [1.29, 1.82) is 0 Å². The Balaban J connectivity index is 2.47. The fraction of sp³-hybridized carbons (Fsp3) is 0.417. The van der Waals surface area contributed by atoms with Gasteiger partial charge in [0.25, 0.3) is 0 Å². The summed E-state index contributed by atoms with van der Waals surface area (Å²) in [7, 11) is -2.56. The summed E-state index contributed by atoms with van der Waals surface area (Å²) in [6.45, 7) is 4.59. The highest BCUT2D eigenvalue weighted by molar-refractivity contribution is 7.92. The molecular weight excluding hydrogens is 480 g/mol. The summed E-state index contributed by atoms with van der Waals surface area (Å²) in [5.41, 5.74) is 0.452. The largest absolute Gasteiger partial charge is 0.497 e. The Morgan fingerprint density at radius 3 is 2.31 bits per heavy atom. The molecule has 192 valence electrons. The zero-order valence-electron chi connectivity index (χ0n) is 20.4. The molecule has 0 aliphatic rings. The van der Waals surface area contributed by atoms with Crippen LogP contribution in [0.15, 0.2) is 42.5 Å². The molecule has 8 nitrogen and oxygen atoms in total. The normalized spacial score (nSPS) is 12.2. The van der Waals surface area contributed by atoms with Crippen LogP contribution in [0.3, 0.4) is 0 Å². The SMILES string of the molecule is CC[C@H](C(=O)NC(C)C)N(Cc1cccc(OC)c1)C(=O)CN(c1ccc(F)c(F)c1)S(C)(=O)=O. The van der Waals surface area contributed by atoms with E-state index in [1.807, 2.05) is 0 Å². The third-order valence-corrected chi connectivity index (χ3v) is 6.31. The van der Waals surface area contributed by atoms with Crippen molar-refractivity contribution in [3.05, 3.63) is 59.7 Å². The molecule has 0 aliphatic carbocycles. The number of ether oxygens (including phenoxy) is 1. The van der Waals surface area contributed by atoms with E-state index in [2.05, 4.69) is 5.32 Å². The summed E-state index contributed by atoms with van der Waals surface area (Å²) in [4.78, 5) is 27.7. The zero-order valence-corrected chi connectivity index (χ0v) is 21.2. The van der Waals surface area contributed by atoms with Crippen molar-refractivity contribution in [2.45, 2.75) is 45.8 Å². The molecule has 2 amide bonds. The minimum atomic E-state index is -4.06. The number of rotatable bonds is 11. The lowest BCUT2D eigenvalue weighted by Crippen LogP contribution is -2.53. The van der Waals surface area contributed by atoms with E-state index in [-0.39, 0.29) is 24.7 Å². The van der Waals surface area contributed by atoms with Gasteiger partial charge in [-0.25, -0.2) is 17.2 Å². The van der Waals surface area contributed by atoms with Gasteiger partial charge < -0.3 is 15.0 Å². The van der Waals surface area contributed by atoms with Crippen LogP contribution in [0.25, 0.3) is 0 Å². The molecule has 0 spiro atoms. The Morgan fingerprint density at radius 2 is 1.77 bits per heavy atom. The summed E-state index contributed by atoms with van der Waals surface area (Å²) in [5, 5.41) is 2.79. The van der Waals surface area contributed by atoms with Gasteiger partial charge >= 0.3 is 0 Å². The van der Waals surface area contributed by atoms with E-state index in [4.69, 9.17) is 4.74 Å². The molecule has 0 bridgehead atoms. The molecule has 0 aliphatic heterocycles. The molecule has 0 fully saturated rings. The number of amides is 2. The quantitative estimate of drug-likeness (QED) is 0.500. The van der Waals surface area contributed by atoms with Crippen LogP contribution in [0.5, 0.6) is 5.75 Å². The summed E-state index contributed by atoms with van der Waals surface area (Å²) < 4.78 is 58.2. The van der Waals surface area contributed by atoms with Crippen LogP contribution in [0.2, 0.25) is 0 Å². The lowest BCUT2D eigenvalue weighted by molar-refractivity contribution is -0.140. The molecule has 0 saturated carbocycles. The molecule has 0 saturated heterocycles. The minimum absolute atomic E-state index is 0.00453. The minimum Gasteiger partial charge on any atom is -0.497 e. The number of anilines is 1. The van der Waals surface area contributed by atoms with Gasteiger partial charge in [0.15, 0.2) is 11.6 Å². The Kier molecular flexibility index (Phi) is 9.58. The first-order valence-electron chi connectivity index (χ1n) is 11.0. The zero-order chi connectivity index (χ0) is 26.3. The van der Waals surface area contributed by atoms with Gasteiger partial charge in [0, 0.05) is 18.7 Å². The summed E-state index contributed by atoms with van der Waals surface area (Å²) in [5.74, 6) is -2.93. The second-order valence-corrected chi connectivity index (χ2v) is 10.2. The highest BCUT2D eigenvalue weighted by Crippen LogP contribution is 2.22. The Morgan fingerprint density at radius 1 is 1.09 bits per heavy atom. The molecule has 1 N–H and O–H groups in total. The number of sulfonamides is 1. The van der Waals surface area contributed by atoms with Crippen LogP contribution >= 0.6 is 0 Å². The van der Waals surface area contributed by atoms with Crippen LogP contribution in [0.4, 0.5) is 14.5 Å². The van der Waals surface area contributed by atoms with Gasteiger partial charge in [-0.05, 0) is 50.1 Å². The highest BCUT2D eigenvalue weighted by Gasteiger charge is 2.32. The van der Waals surface area contributed by atoms with Crippen molar-refractivity contribution in [3.8, 4) is 5.75 Å². The van der Waals surface area contributed by atoms with Crippen LogP contribution < -0.4 is 14.4 Å². The molecular formula is C24H31F2N3O5S. The number of methoxy groups -OCH3 is 1. The van der Waals surface area contributed by atoms with Gasteiger partial charge in [0.1, 0.15) is 18.3 Å². The van der Waals surface area contributed by atoms with Crippen molar-refractivity contribution < 1.29 is 31.5 Å². The molecule has 0 radical (unpaired) electrons. The fourth-order valence-corrected chi connectivity index (χ4v) is 4.36. The number of nitrogens with one attached hydrogen (secondary N) is 1. The Labute approximate surface area is 204 Å². The second kappa shape index (κ2) is 12.0. The van der Waals surface area contributed by atoms with E-state index < -0.39 is 46.1 Å². The van der Waals surface area contributed by atoms with Crippen LogP contribution in [-0.4, -0.2) is 57.1 Å². The fourth-order valence-electron chi connectivity index (χ4n) is 3.52. The van der Waals surface area contributed by atoms with Crippen molar-refractivity contribution in [3.63, 3.8) is 0 Å². The summed E-state index contributed by atoms with van der Waals surface area (Å²) >= 11 is 0. The molecule has 2 aromatic carbocycles. The molecule has 11 heteroatoms. The topological polar surface area (TPSA) is 96.0 Å².